The summed E-state index contributed by atoms with van der Waals surface area (Å²) < 4.78 is 47.4. The summed E-state index contributed by atoms with van der Waals surface area (Å²) in [5.41, 5.74) is -1.62. The predicted octanol–water partition coefficient (Wildman–Crippen LogP) is 1.19. The van der Waals surface area contributed by atoms with Gasteiger partial charge in [-0.05, 0) is 0 Å². The second kappa shape index (κ2) is 4.29. The molecule has 1 aromatic rings. The van der Waals surface area contributed by atoms with Crippen LogP contribution < -0.4 is 5.14 Å². The Bertz CT molecular complexity index is 568. The number of hydrogen-bond donors (Lipinski definition) is 1. The minimum atomic E-state index is -4.47. The standard InChI is InChI=1S/C7H4ClF2N3O2S/c8-6-4(7(9)10)5(16(12,14)15)3(1-11)2-13-6/h2,7H,(H2,12,14,15). The molecule has 0 spiro atoms. The lowest BCUT2D eigenvalue weighted by molar-refractivity contribution is 0.147. The maximum Gasteiger partial charge on any atom is 0.268 e. The van der Waals surface area contributed by atoms with Crippen molar-refractivity contribution in [2.24, 2.45) is 5.14 Å². The van der Waals surface area contributed by atoms with Gasteiger partial charge in [0.2, 0.25) is 10.0 Å². The molecule has 16 heavy (non-hydrogen) atoms. The molecule has 1 aromatic heterocycles. The Morgan fingerprint density at radius 2 is 2.12 bits per heavy atom. The normalized spacial score (nSPS) is 11.5. The maximum atomic E-state index is 12.6. The Balaban J connectivity index is 3.79. The summed E-state index contributed by atoms with van der Waals surface area (Å²) in [7, 11) is -4.47. The Kier molecular flexibility index (Phi) is 3.42. The highest BCUT2D eigenvalue weighted by Crippen LogP contribution is 2.32. The number of nitrogens with two attached hydrogens (primary N) is 1. The molecule has 0 bridgehead atoms. The maximum absolute atomic E-state index is 12.6. The second-order valence-corrected chi connectivity index (χ2v) is 4.52. The first-order valence-electron chi connectivity index (χ1n) is 3.68. The molecule has 0 aliphatic rings. The number of primary sulfonamides is 1. The summed E-state index contributed by atoms with van der Waals surface area (Å²) in [6.45, 7) is 0. The quantitative estimate of drug-likeness (QED) is 0.814. The monoisotopic (exact) mass is 267 g/mol. The van der Waals surface area contributed by atoms with Crippen LogP contribution in [0.1, 0.15) is 17.6 Å². The lowest BCUT2D eigenvalue weighted by Gasteiger charge is -2.09. The molecule has 0 fully saturated rings. The first kappa shape index (κ1) is 12.8. The first-order valence-corrected chi connectivity index (χ1v) is 5.61. The van der Waals surface area contributed by atoms with Crippen molar-refractivity contribution in [3.05, 3.63) is 22.5 Å². The van der Waals surface area contributed by atoms with Gasteiger partial charge in [-0.2, -0.15) is 5.26 Å². The topological polar surface area (TPSA) is 96.8 Å². The first-order chi connectivity index (χ1) is 7.29. The molecule has 0 aliphatic carbocycles. The van der Waals surface area contributed by atoms with E-state index < -0.39 is 37.6 Å². The van der Waals surface area contributed by atoms with Gasteiger partial charge >= 0.3 is 0 Å². The van der Waals surface area contributed by atoms with Crippen molar-refractivity contribution in [2.75, 3.05) is 0 Å². The minimum Gasteiger partial charge on any atom is -0.243 e. The van der Waals surface area contributed by atoms with Gasteiger partial charge in [0.05, 0.1) is 11.1 Å². The lowest BCUT2D eigenvalue weighted by atomic mass is 10.2. The van der Waals surface area contributed by atoms with Crippen LogP contribution in [0.25, 0.3) is 0 Å². The van der Waals surface area contributed by atoms with Crippen LogP contribution in [0.3, 0.4) is 0 Å². The number of halogens is 3. The van der Waals surface area contributed by atoms with Crippen LogP contribution in [0, 0.1) is 11.3 Å². The molecule has 86 valence electrons. The molecular formula is C7H4ClF2N3O2S. The largest absolute Gasteiger partial charge is 0.268 e. The highest BCUT2D eigenvalue weighted by Gasteiger charge is 2.28. The van der Waals surface area contributed by atoms with Crippen molar-refractivity contribution in [1.82, 2.24) is 4.98 Å². The van der Waals surface area contributed by atoms with E-state index in [1.807, 2.05) is 0 Å². The van der Waals surface area contributed by atoms with Crippen LogP contribution in [-0.2, 0) is 10.0 Å². The van der Waals surface area contributed by atoms with Gasteiger partial charge in [-0.25, -0.2) is 27.3 Å². The van der Waals surface area contributed by atoms with E-state index in [9.17, 15) is 17.2 Å². The van der Waals surface area contributed by atoms with E-state index in [0.717, 1.165) is 6.20 Å². The van der Waals surface area contributed by atoms with Crippen LogP contribution in [0.15, 0.2) is 11.1 Å². The van der Waals surface area contributed by atoms with E-state index in [2.05, 4.69) is 4.98 Å². The average molecular weight is 268 g/mol. The van der Waals surface area contributed by atoms with Gasteiger partial charge in [-0.15, -0.1) is 0 Å². The van der Waals surface area contributed by atoms with Gasteiger partial charge in [0.1, 0.15) is 16.1 Å². The summed E-state index contributed by atoms with van der Waals surface area (Å²) in [5.74, 6) is 0. The minimum absolute atomic E-state index is 0.567. The Labute approximate surface area is 94.5 Å². The van der Waals surface area contributed by atoms with E-state index in [1.54, 1.807) is 0 Å². The fraction of sp³-hybridized carbons (Fsp3) is 0.143. The molecule has 0 aliphatic heterocycles. The number of rotatable bonds is 2. The fourth-order valence-electron chi connectivity index (χ4n) is 1.06. The molecule has 0 amide bonds. The predicted molar refractivity (Wildman–Crippen MR) is 50.3 cm³/mol. The molecule has 0 atom stereocenters. The Morgan fingerprint density at radius 1 is 1.56 bits per heavy atom. The summed E-state index contributed by atoms with van der Waals surface area (Å²) >= 11 is 5.34. The van der Waals surface area contributed by atoms with Gasteiger partial charge < -0.3 is 0 Å². The molecule has 1 rings (SSSR count). The molecule has 0 unspecified atom stereocenters. The van der Waals surface area contributed by atoms with Crippen LogP contribution in [0.2, 0.25) is 5.15 Å². The highest BCUT2D eigenvalue weighted by atomic mass is 35.5. The smallest absolute Gasteiger partial charge is 0.243 e. The third-order valence-corrected chi connectivity index (χ3v) is 2.95. The number of nitriles is 1. The van der Waals surface area contributed by atoms with Crippen molar-refractivity contribution in [3.63, 3.8) is 0 Å². The summed E-state index contributed by atoms with van der Waals surface area (Å²) in [6, 6.07) is 1.41. The average Bonchev–Trinajstić information content (AvgIpc) is 2.15. The number of hydrogen-bond acceptors (Lipinski definition) is 4. The zero-order chi connectivity index (χ0) is 12.5. The molecule has 0 saturated heterocycles. The van der Waals surface area contributed by atoms with Gasteiger partial charge in [-0.1, -0.05) is 11.6 Å². The van der Waals surface area contributed by atoms with Crippen LogP contribution in [0.5, 0.6) is 0 Å². The zero-order valence-electron chi connectivity index (χ0n) is 7.49. The summed E-state index contributed by atoms with van der Waals surface area (Å²) in [4.78, 5) is 2.31. The zero-order valence-corrected chi connectivity index (χ0v) is 9.06. The number of pyridine rings is 1. The van der Waals surface area contributed by atoms with Gasteiger partial charge in [-0.3, -0.25) is 0 Å². The fourth-order valence-corrected chi connectivity index (χ4v) is 2.24. The Morgan fingerprint density at radius 3 is 2.50 bits per heavy atom. The van der Waals surface area contributed by atoms with Crippen molar-refractivity contribution in [1.29, 1.82) is 5.26 Å². The summed E-state index contributed by atoms with van der Waals surface area (Å²) in [5, 5.41) is 12.6. The van der Waals surface area contributed by atoms with Crippen molar-refractivity contribution >= 4 is 21.6 Å². The van der Waals surface area contributed by atoms with Crippen LogP contribution in [0.4, 0.5) is 8.78 Å². The lowest BCUT2D eigenvalue weighted by Crippen LogP contribution is -2.17. The molecule has 0 aromatic carbocycles. The number of aromatic nitrogens is 1. The molecule has 5 nitrogen and oxygen atoms in total. The number of sulfonamides is 1. The van der Waals surface area contributed by atoms with Gasteiger partial charge in [0.25, 0.3) is 6.43 Å². The second-order valence-electron chi connectivity index (χ2n) is 2.66. The Hall–Kier alpha value is -1.30. The third-order valence-electron chi connectivity index (χ3n) is 1.64. The number of alkyl halides is 2. The van der Waals surface area contributed by atoms with E-state index >= 15 is 0 Å². The van der Waals surface area contributed by atoms with E-state index in [1.165, 1.54) is 6.07 Å². The van der Waals surface area contributed by atoms with Crippen molar-refractivity contribution in [3.8, 4) is 6.07 Å². The van der Waals surface area contributed by atoms with E-state index in [4.69, 9.17) is 22.0 Å². The molecule has 2 N–H and O–H groups in total. The van der Waals surface area contributed by atoms with Crippen LogP contribution >= 0.6 is 11.6 Å². The van der Waals surface area contributed by atoms with E-state index in [-0.39, 0.29) is 0 Å². The molecule has 1 heterocycles. The van der Waals surface area contributed by atoms with Gasteiger partial charge in [0, 0.05) is 6.20 Å². The van der Waals surface area contributed by atoms with E-state index in [0.29, 0.717) is 0 Å². The molecule has 0 saturated carbocycles. The summed E-state index contributed by atoms with van der Waals surface area (Å²) in [6.07, 6.45) is -2.42. The molecule has 9 heteroatoms. The SMILES string of the molecule is N#Cc1cnc(Cl)c(C(F)F)c1S(N)(=O)=O. The third kappa shape index (κ3) is 2.27. The highest BCUT2D eigenvalue weighted by molar-refractivity contribution is 7.89. The molecule has 0 radical (unpaired) electrons. The van der Waals surface area contributed by atoms with Crippen molar-refractivity contribution < 1.29 is 17.2 Å². The molecular weight excluding hydrogens is 264 g/mol. The van der Waals surface area contributed by atoms with Crippen LogP contribution in [-0.4, -0.2) is 13.4 Å². The number of nitrogens with zero attached hydrogens (tertiary/aromatic N) is 2. The van der Waals surface area contributed by atoms with Gasteiger partial charge in [0.15, 0.2) is 0 Å². The van der Waals surface area contributed by atoms with Crippen molar-refractivity contribution in [2.45, 2.75) is 11.3 Å².